The number of nitrogens with zero attached hydrogens (tertiary/aromatic N) is 6. The number of likely N-dealkylation sites (N-methyl/N-ethyl adjacent to an activating group) is 1. The number of nitrogen functional groups attached to an aromatic ring is 1. The van der Waals surface area contributed by atoms with E-state index in [-0.39, 0.29) is 47.5 Å². The molecule has 0 aliphatic carbocycles. The molecule has 0 amide bonds. The molecule has 0 bridgehead atoms. The molecule has 5 rings (SSSR count). The molecule has 39 heavy (non-hydrogen) atoms. The summed E-state index contributed by atoms with van der Waals surface area (Å²) in [6.45, 7) is 4.90. The number of anilines is 2. The molecule has 2 aliphatic rings. The predicted octanol–water partition coefficient (Wildman–Crippen LogP) is 3.96. The van der Waals surface area contributed by atoms with Crippen molar-refractivity contribution in [3.8, 4) is 17.4 Å². The molecule has 2 saturated heterocycles. The van der Waals surface area contributed by atoms with Gasteiger partial charge < -0.3 is 25.4 Å². The zero-order valence-electron chi connectivity index (χ0n) is 22.0. The first-order valence-electron chi connectivity index (χ1n) is 12.9. The molecule has 5 heterocycles. The van der Waals surface area contributed by atoms with Gasteiger partial charge in [-0.25, -0.2) is 9.37 Å². The summed E-state index contributed by atoms with van der Waals surface area (Å²) in [6.07, 6.45) is -0.384. The lowest BCUT2D eigenvalue weighted by molar-refractivity contribution is -0.137. The molecule has 0 aromatic carbocycles. The highest BCUT2D eigenvalue weighted by atomic mass is 19.4. The van der Waals surface area contributed by atoms with Gasteiger partial charge in [0, 0.05) is 25.3 Å². The molecule has 3 aromatic heterocycles. The largest absolute Gasteiger partial charge is 0.462 e. The van der Waals surface area contributed by atoms with Crippen molar-refractivity contribution in [3.63, 3.8) is 0 Å². The van der Waals surface area contributed by atoms with Crippen molar-refractivity contribution in [2.75, 3.05) is 43.9 Å². The summed E-state index contributed by atoms with van der Waals surface area (Å²) in [7, 11) is 1.99. The van der Waals surface area contributed by atoms with Crippen molar-refractivity contribution >= 4 is 22.5 Å². The Kier molecular flexibility index (Phi) is 7.00. The molecule has 0 radical (unpaired) electrons. The van der Waals surface area contributed by atoms with Crippen LogP contribution in [0.5, 0.6) is 6.01 Å². The standard InChI is InChI=1S/C26H31F4N7O2/c1-14-10-17(31)33-21(18(14)26(28,29)30)22-19(27)20-16(11-32-22)23(37-9-5-7-25(2,38)13-37)35-24(34-20)39-12-15-6-4-8-36(15)3/h10-11,15,38H,4-9,12-13H2,1-3H3,(H2,31,33)/t15-,25?/m0/s1. The van der Waals surface area contributed by atoms with Crippen LogP contribution in [0.15, 0.2) is 12.3 Å². The highest BCUT2D eigenvalue weighted by Gasteiger charge is 2.38. The maximum absolute atomic E-state index is 16.1. The summed E-state index contributed by atoms with van der Waals surface area (Å²) < 4.78 is 64.0. The van der Waals surface area contributed by atoms with Gasteiger partial charge in [0.2, 0.25) is 0 Å². The predicted molar refractivity (Wildman–Crippen MR) is 138 cm³/mol. The lowest BCUT2D eigenvalue weighted by Crippen LogP contribution is -2.46. The van der Waals surface area contributed by atoms with Gasteiger partial charge >= 0.3 is 12.2 Å². The number of ether oxygens (including phenoxy) is 1. The summed E-state index contributed by atoms with van der Waals surface area (Å²) >= 11 is 0. The molecule has 0 saturated carbocycles. The van der Waals surface area contributed by atoms with Crippen molar-refractivity contribution < 1.29 is 27.4 Å². The third-order valence-corrected chi connectivity index (χ3v) is 7.44. The Labute approximate surface area is 223 Å². The highest BCUT2D eigenvalue weighted by Crippen LogP contribution is 2.41. The van der Waals surface area contributed by atoms with E-state index in [4.69, 9.17) is 10.5 Å². The van der Waals surface area contributed by atoms with Gasteiger partial charge in [0.25, 0.3) is 0 Å². The third kappa shape index (κ3) is 5.42. The maximum atomic E-state index is 16.1. The van der Waals surface area contributed by atoms with Gasteiger partial charge in [-0.05, 0) is 64.8 Å². The Bertz CT molecular complexity index is 1400. The number of aromatic nitrogens is 4. The van der Waals surface area contributed by atoms with Crippen molar-refractivity contribution in [1.82, 2.24) is 24.8 Å². The first kappa shape index (κ1) is 27.3. The molecule has 1 unspecified atom stereocenters. The fourth-order valence-corrected chi connectivity index (χ4v) is 5.48. The summed E-state index contributed by atoms with van der Waals surface area (Å²) in [4.78, 5) is 20.7. The Morgan fingerprint density at radius 3 is 2.62 bits per heavy atom. The smallest absolute Gasteiger partial charge is 0.418 e. The maximum Gasteiger partial charge on any atom is 0.418 e. The van der Waals surface area contributed by atoms with E-state index in [2.05, 4.69) is 24.8 Å². The van der Waals surface area contributed by atoms with Crippen LogP contribution >= 0.6 is 0 Å². The molecule has 3 N–H and O–H groups in total. The quantitative estimate of drug-likeness (QED) is 0.457. The van der Waals surface area contributed by atoms with Crippen LogP contribution in [0.3, 0.4) is 0 Å². The van der Waals surface area contributed by atoms with Gasteiger partial charge in [-0.15, -0.1) is 0 Å². The normalized spacial score (nSPS) is 22.6. The van der Waals surface area contributed by atoms with E-state index in [9.17, 15) is 18.3 Å². The average Bonchev–Trinajstić information content (AvgIpc) is 3.25. The summed E-state index contributed by atoms with van der Waals surface area (Å²) in [6, 6.07) is 1.11. The number of piperidine rings is 1. The minimum absolute atomic E-state index is 0.105. The Morgan fingerprint density at radius 1 is 1.18 bits per heavy atom. The lowest BCUT2D eigenvalue weighted by Gasteiger charge is -2.37. The number of nitrogens with two attached hydrogens (primary N) is 1. The van der Waals surface area contributed by atoms with Crippen LogP contribution in [-0.4, -0.2) is 74.9 Å². The molecule has 2 aliphatic heterocycles. The van der Waals surface area contributed by atoms with Gasteiger partial charge in [0.1, 0.15) is 35.1 Å². The van der Waals surface area contributed by atoms with Gasteiger partial charge in [0.05, 0.1) is 16.6 Å². The third-order valence-electron chi connectivity index (χ3n) is 7.44. The van der Waals surface area contributed by atoms with E-state index >= 15 is 4.39 Å². The number of hydrogen-bond donors (Lipinski definition) is 2. The molecule has 210 valence electrons. The highest BCUT2D eigenvalue weighted by molar-refractivity contribution is 5.92. The second kappa shape index (κ2) is 10.0. The molecule has 13 heteroatoms. The molecule has 2 fully saturated rings. The molecule has 9 nitrogen and oxygen atoms in total. The van der Waals surface area contributed by atoms with E-state index in [0.29, 0.717) is 25.2 Å². The molecule has 0 spiro atoms. The van der Waals surface area contributed by atoms with E-state index in [1.807, 2.05) is 7.05 Å². The Balaban J connectivity index is 1.66. The average molecular weight is 550 g/mol. The van der Waals surface area contributed by atoms with Crippen LogP contribution in [0, 0.1) is 12.7 Å². The number of likely N-dealkylation sites (tertiary alicyclic amines) is 1. The number of β-amino-alcohol motifs (C(OH)–C–C–N with tert-alkyl or cyclic N) is 1. The van der Waals surface area contributed by atoms with E-state index in [0.717, 1.165) is 25.5 Å². The van der Waals surface area contributed by atoms with Gasteiger partial charge in [-0.2, -0.15) is 23.1 Å². The van der Waals surface area contributed by atoms with Crippen molar-refractivity contribution in [1.29, 1.82) is 0 Å². The molecular weight excluding hydrogens is 518 g/mol. The van der Waals surface area contributed by atoms with Crippen LogP contribution in [0.1, 0.15) is 43.7 Å². The fraction of sp³-hybridized carbons (Fsp3) is 0.538. The van der Waals surface area contributed by atoms with Crippen molar-refractivity contribution in [3.05, 3.63) is 29.2 Å². The number of aryl methyl sites for hydroxylation is 1. The SMILES string of the molecule is Cc1cc(N)nc(-c2ncc3c(N4CCCC(C)(O)C4)nc(OC[C@@H]4CCCN4C)nc3c2F)c1C(F)(F)F. The summed E-state index contributed by atoms with van der Waals surface area (Å²) in [5.41, 5.74) is 1.84. The first-order chi connectivity index (χ1) is 18.3. The topological polar surface area (TPSA) is 114 Å². The minimum Gasteiger partial charge on any atom is -0.462 e. The van der Waals surface area contributed by atoms with E-state index in [1.165, 1.54) is 13.1 Å². The fourth-order valence-electron chi connectivity index (χ4n) is 5.48. The Hall–Kier alpha value is -3.32. The zero-order valence-corrected chi connectivity index (χ0v) is 22.0. The minimum atomic E-state index is -4.82. The molecular formula is C26H31F4N7O2. The van der Waals surface area contributed by atoms with E-state index < -0.39 is 34.5 Å². The van der Waals surface area contributed by atoms with Crippen LogP contribution in [0.2, 0.25) is 0 Å². The first-order valence-corrected chi connectivity index (χ1v) is 12.9. The van der Waals surface area contributed by atoms with Gasteiger partial charge in [-0.1, -0.05) is 0 Å². The number of alkyl halides is 3. The monoisotopic (exact) mass is 549 g/mol. The number of halogens is 4. The summed E-state index contributed by atoms with van der Waals surface area (Å²) in [5, 5.41) is 10.9. The molecule has 3 aromatic rings. The molecule has 2 atom stereocenters. The van der Waals surface area contributed by atoms with Crippen LogP contribution in [0.4, 0.5) is 29.2 Å². The van der Waals surface area contributed by atoms with Gasteiger partial charge in [0.15, 0.2) is 5.82 Å². The second-order valence-corrected chi connectivity index (χ2v) is 10.7. The summed E-state index contributed by atoms with van der Waals surface area (Å²) in [5.74, 6) is -0.994. The van der Waals surface area contributed by atoms with Gasteiger partial charge in [-0.3, -0.25) is 4.98 Å². The zero-order chi connectivity index (χ0) is 28.1. The second-order valence-electron chi connectivity index (χ2n) is 10.7. The van der Waals surface area contributed by atoms with Crippen molar-refractivity contribution in [2.24, 2.45) is 0 Å². The van der Waals surface area contributed by atoms with Crippen LogP contribution in [-0.2, 0) is 6.18 Å². The number of aliphatic hydroxyl groups is 1. The Morgan fingerprint density at radius 2 is 1.95 bits per heavy atom. The van der Waals surface area contributed by atoms with Crippen LogP contribution < -0.4 is 15.4 Å². The van der Waals surface area contributed by atoms with Crippen molar-refractivity contribution in [2.45, 2.75) is 57.3 Å². The number of rotatable bonds is 5. The van der Waals surface area contributed by atoms with E-state index in [1.54, 1.807) is 11.8 Å². The lowest BCUT2D eigenvalue weighted by atomic mass is 9.95. The number of hydrogen-bond acceptors (Lipinski definition) is 9. The van der Waals surface area contributed by atoms with Crippen LogP contribution in [0.25, 0.3) is 22.3 Å². The number of pyridine rings is 2. The number of fused-ring (bicyclic) bond motifs is 1.